The normalized spacial score (nSPS) is 11.1. The molecule has 0 saturated carbocycles. The van der Waals surface area contributed by atoms with E-state index in [4.69, 9.17) is 0 Å². The zero-order chi connectivity index (χ0) is 26.2. The number of ketones is 2. The standard InChI is InChI=1S/C34H22O4/c35-31(21-11-3-1-4-12-21)27-19-23-15-7-9-17-25(23)29(33(27)37)30-26-18-10-8-16-24(26)20-28(34(30)38)32(36)22-13-5-2-6-14-22/h1-20,37-38H. The van der Waals surface area contributed by atoms with Crippen LogP contribution in [0.15, 0.2) is 121 Å². The summed E-state index contributed by atoms with van der Waals surface area (Å²) in [7, 11) is 0. The fraction of sp³-hybridized carbons (Fsp3) is 0. The van der Waals surface area contributed by atoms with Crippen LogP contribution in [-0.4, -0.2) is 21.8 Å². The van der Waals surface area contributed by atoms with Crippen molar-refractivity contribution in [3.8, 4) is 22.6 Å². The Labute approximate surface area is 219 Å². The number of phenols is 2. The highest BCUT2D eigenvalue weighted by atomic mass is 16.3. The van der Waals surface area contributed by atoms with Crippen LogP contribution in [0.2, 0.25) is 0 Å². The van der Waals surface area contributed by atoms with Crippen molar-refractivity contribution in [1.82, 2.24) is 0 Å². The first-order chi connectivity index (χ1) is 18.5. The zero-order valence-electron chi connectivity index (χ0n) is 20.3. The minimum atomic E-state index is -0.338. The highest BCUT2D eigenvalue weighted by Crippen LogP contribution is 2.48. The van der Waals surface area contributed by atoms with Gasteiger partial charge in [0.15, 0.2) is 11.6 Å². The molecular weight excluding hydrogens is 472 g/mol. The molecule has 0 aliphatic rings. The molecule has 0 heterocycles. The van der Waals surface area contributed by atoms with E-state index in [1.54, 1.807) is 60.7 Å². The van der Waals surface area contributed by atoms with E-state index in [0.717, 1.165) is 10.8 Å². The molecule has 0 amide bonds. The maximum Gasteiger partial charge on any atom is 0.196 e. The quantitative estimate of drug-likeness (QED) is 0.243. The summed E-state index contributed by atoms with van der Waals surface area (Å²) in [5, 5.41) is 26.1. The molecule has 0 bridgehead atoms. The molecule has 6 rings (SSSR count). The average molecular weight is 495 g/mol. The summed E-state index contributed by atoms with van der Waals surface area (Å²) in [5.41, 5.74) is 1.72. The molecule has 4 heteroatoms. The predicted octanol–water partition coefficient (Wildman–Crippen LogP) is 7.53. The Kier molecular flexibility index (Phi) is 5.70. The van der Waals surface area contributed by atoms with Gasteiger partial charge in [-0.3, -0.25) is 9.59 Å². The molecule has 182 valence electrons. The Balaban J connectivity index is 1.70. The summed E-state index contributed by atoms with van der Waals surface area (Å²) >= 11 is 0. The maximum atomic E-state index is 13.5. The van der Waals surface area contributed by atoms with Crippen LogP contribution < -0.4 is 0 Å². The number of carbonyl (C=O) groups is 2. The van der Waals surface area contributed by atoms with Crippen LogP contribution in [0.1, 0.15) is 31.8 Å². The second-order valence-electron chi connectivity index (χ2n) is 9.13. The third-order valence-corrected chi connectivity index (χ3v) is 6.85. The molecule has 2 N–H and O–H groups in total. The van der Waals surface area contributed by atoms with Gasteiger partial charge in [-0.2, -0.15) is 0 Å². The molecule has 6 aromatic carbocycles. The van der Waals surface area contributed by atoms with Crippen LogP contribution in [-0.2, 0) is 0 Å². The molecule has 0 spiro atoms. The van der Waals surface area contributed by atoms with E-state index in [1.165, 1.54) is 0 Å². The summed E-state index contributed by atoms with van der Waals surface area (Å²) in [6, 6.07) is 35.6. The van der Waals surface area contributed by atoms with Crippen molar-refractivity contribution in [3.63, 3.8) is 0 Å². The highest BCUT2D eigenvalue weighted by molar-refractivity contribution is 6.21. The smallest absolute Gasteiger partial charge is 0.196 e. The van der Waals surface area contributed by atoms with Crippen molar-refractivity contribution < 1.29 is 19.8 Å². The molecule has 0 unspecified atom stereocenters. The predicted molar refractivity (Wildman–Crippen MR) is 150 cm³/mol. The molecule has 0 aliphatic heterocycles. The van der Waals surface area contributed by atoms with E-state index in [9.17, 15) is 19.8 Å². The van der Waals surface area contributed by atoms with Crippen LogP contribution in [0.5, 0.6) is 11.5 Å². The first-order valence-electron chi connectivity index (χ1n) is 12.2. The van der Waals surface area contributed by atoms with E-state index >= 15 is 0 Å². The second kappa shape index (κ2) is 9.34. The lowest BCUT2D eigenvalue weighted by molar-refractivity contribution is 0.102. The molecule has 0 saturated heterocycles. The number of carbonyl (C=O) groups excluding carboxylic acids is 2. The van der Waals surface area contributed by atoms with Gasteiger partial charge in [0.2, 0.25) is 0 Å². The zero-order valence-corrected chi connectivity index (χ0v) is 20.3. The van der Waals surface area contributed by atoms with E-state index in [0.29, 0.717) is 33.0 Å². The second-order valence-corrected chi connectivity index (χ2v) is 9.13. The first-order valence-corrected chi connectivity index (χ1v) is 12.2. The van der Waals surface area contributed by atoms with Crippen molar-refractivity contribution in [1.29, 1.82) is 0 Å². The van der Waals surface area contributed by atoms with Gasteiger partial charge in [0.1, 0.15) is 11.5 Å². The molecule has 38 heavy (non-hydrogen) atoms. The fourth-order valence-electron chi connectivity index (χ4n) is 5.02. The maximum absolute atomic E-state index is 13.5. The third kappa shape index (κ3) is 3.80. The fourth-order valence-corrected chi connectivity index (χ4v) is 5.02. The van der Waals surface area contributed by atoms with Crippen LogP contribution in [0.25, 0.3) is 32.7 Å². The van der Waals surface area contributed by atoms with Crippen molar-refractivity contribution in [2.24, 2.45) is 0 Å². The average Bonchev–Trinajstić information content (AvgIpc) is 2.97. The minimum Gasteiger partial charge on any atom is -0.507 e. The van der Waals surface area contributed by atoms with E-state index in [1.807, 2.05) is 60.7 Å². The molecular formula is C34H22O4. The molecule has 0 aliphatic carbocycles. The van der Waals surface area contributed by atoms with Crippen molar-refractivity contribution in [2.45, 2.75) is 0 Å². The number of phenolic OH excluding ortho intramolecular Hbond substituents is 2. The van der Waals surface area contributed by atoms with Gasteiger partial charge in [0.25, 0.3) is 0 Å². The number of fused-ring (bicyclic) bond motifs is 2. The Bertz CT molecular complexity index is 1720. The van der Waals surface area contributed by atoms with Gasteiger partial charge < -0.3 is 10.2 Å². The largest absolute Gasteiger partial charge is 0.507 e. The van der Waals surface area contributed by atoms with E-state index < -0.39 is 0 Å². The van der Waals surface area contributed by atoms with Crippen LogP contribution >= 0.6 is 0 Å². The molecule has 6 aromatic rings. The van der Waals surface area contributed by atoms with Crippen molar-refractivity contribution in [3.05, 3.63) is 144 Å². The summed E-state index contributed by atoms with van der Waals surface area (Å²) in [4.78, 5) is 27.1. The van der Waals surface area contributed by atoms with E-state index in [2.05, 4.69) is 0 Å². The Morgan fingerprint density at radius 2 is 0.789 bits per heavy atom. The van der Waals surface area contributed by atoms with Gasteiger partial charge in [-0.1, -0.05) is 109 Å². The number of hydrogen-bond donors (Lipinski definition) is 2. The lowest BCUT2D eigenvalue weighted by Crippen LogP contribution is -2.05. The number of aromatic hydroxyl groups is 2. The molecule has 4 nitrogen and oxygen atoms in total. The number of rotatable bonds is 5. The summed E-state index contributed by atoms with van der Waals surface area (Å²) in [6.45, 7) is 0. The van der Waals surface area contributed by atoms with Gasteiger partial charge in [0.05, 0.1) is 11.1 Å². The third-order valence-electron chi connectivity index (χ3n) is 6.85. The molecule has 0 atom stereocenters. The summed E-state index contributed by atoms with van der Waals surface area (Å²) in [6.07, 6.45) is 0. The Hall–Kier alpha value is -5.22. The van der Waals surface area contributed by atoms with Crippen molar-refractivity contribution >= 4 is 33.1 Å². The monoisotopic (exact) mass is 494 g/mol. The highest BCUT2D eigenvalue weighted by Gasteiger charge is 2.26. The lowest BCUT2D eigenvalue weighted by atomic mass is 9.86. The summed E-state index contributed by atoms with van der Waals surface area (Å²) < 4.78 is 0. The van der Waals surface area contributed by atoms with Crippen LogP contribution in [0, 0.1) is 0 Å². The number of benzene rings is 6. The number of hydrogen-bond acceptors (Lipinski definition) is 4. The van der Waals surface area contributed by atoms with Crippen molar-refractivity contribution in [2.75, 3.05) is 0 Å². The van der Waals surface area contributed by atoms with Crippen LogP contribution in [0.3, 0.4) is 0 Å². The van der Waals surface area contributed by atoms with Gasteiger partial charge in [-0.25, -0.2) is 0 Å². The Morgan fingerprint density at radius 1 is 0.447 bits per heavy atom. The minimum absolute atomic E-state index is 0.119. The molecule has 0 aromatic heterocycles. The Morgan fingerprint density at radius 3 is 1.18 bits per heavy atom. The molecule has 0 radical (unpaired) electrons. The molecule has 0 fully saturated rings. The first kappa shape index (κ1) is 23.2. The van der Waals surface area contributed by atoms with Gasteiger partial charge in [-0.05, 0) is 33.7 Å². The lowest BCUT2D eigenvalue weighted by Gasteiger charge is -2.18. The van der Waals surface area contributed by atoms with Gasteiger partial charge in [0, 0.05) is 22.3 Å². The SMILES string of the molecule is O=C(c1ccccc1)c1cc2ccccc2c(-c2c(O)c(C(=O)c3ccccc3)cc3ccccc23)c1O. The van der Waals surface area contributed by atoms with Gasteiger partial charge in [-0.15, -0.1) is 0 Å². The van der Waals surface area contributed by atoms with E-state index in [-0.39, 0.29) is 34.2 Å². The van der Waals surface area contributed by atoms with Gasteiger partial charge >= 0.3 is 0 Å². The summed E-state index contributed by atoms with van der Waals surface area (Å²) in [5.74, 6) is -1.17. The topological polar surface area (TPSA) is 74.6 Å². The van der Waals surface area contributed by atoms with Crippen LogP contribution in [0.4, 0.5) is 0 Å².